The van der Waals surface area contributed by atoms with E-state index in [9.17, 15) is 0 Å². The van der Waals surface area contributed by atoms with Gasteiger partial charge in [-0.25, -0.2) is 4.68 Å². The van der Waals surface area contributed by atoms with E-state index in [1.807, 2.05) is 26.2 Å². The molecule has 0 amide bonds. The number of aromatic nitrogens is 4. The molecule has 0 aliphatic carbocycles. The molecule has 72 valence electrons. The summed E-state index contributed by atoms with van der Waals surface area (Å²) in [4.78, 5) is 4.25. The van der Waals surface area contributed by atoms with Crippen LogP contribution in [0.5, 0.6) is 0 Å². The van der Waals surface area contributed by atoms with Crippen LogP contribution in [0.2, 0.25) is 0 Å². The first kappa shape index (κ1) is 8.68. The standard InChI is InChI=1S/C9H11N5/c1-10-7-3-4-11-8(5-7)9-6-12-13-14(9)2/h3-6H,1-2H3,(H,10,11). The number of rotatable bonds is 2. The van der Waals surface area contributed by atoms with E-state index in [-0.39, 0.29) is 0 Å². The largest absolute Gasteiger partial charge is 0.388 e. The van der Waals surface area contributed by atoms with Gasteiger partial charge in [-0.1, -0.05) is 5.21 Å². The van der Waals surface area contributed by atoms with Gasteiger partial charge < -0.3 is 5.32 Å². The maximum atomic E-state index is 4.25. The highest BCUT2D eigenvalue weighted by Gasteiger charge is 2.04. The molecule has 5 heteroatoms. The second-order valence-corrected chi connectivity index (χ2v) is 2.92. The molecule has 0 saturated carbocycles. The number of hydrogen-bond donors (Lipinski definition) is 1. The number of nitrogens with zero attached hydrogens (tertiary/aromatic N) is 4. The zero-order valence-electron chi connectivity index (χ0n) is 8.10. The van der Waals surface area contributed by atoms with Gasteiger partial charge >= 0.3 is 0 Å². The minimum atomic E-state index is 0.865. The van der Waals surface area contributed by atoms with Gasteiger partial charge in [0, 0.05) is 26.0 Å². The zero-order chi connectivity index (χ0) is 9.97. The van der Waals surface area contributed by atoms with Gasteiger partial charge in [0.25, 0.3) is 0 Å². The van der Waals surface area contributed by atoms with Crippen molar-refractivity contribution in [2.75, 3.05) is 12.4 Å². The SMILES string of the molecule is CNc1ccnc(-c2cnnn2C)c1. The molecule has 5 nitrogen and oxygen atoms in total. The lowest BCUT2D eigenvalue weighted by molar-refractivity contribution is 0.719. The second kappa shape index (κ2) is 3.45. The van der Waals surface area contributed by atoms with Crippen LogP contribution in [0.25, 0.3) is 11.4 Å². The van der Waals surface area contributed by atoms with E-state index in [2.05, 4.69) is 20.6 Å². The molecule has 14 heavy (non-hydrogen) atoms. The number of aryl methyl sites for hydroxylation is 1. The van der Waals surface area contributed by atoms with Crippen LogP contribution in [0.3, 0.4) is 0 Å². The van der Waals surface area contributed by atoms with Gasteiger partial charge in [-0.3, -0.25) is 4.98 Å². The lowest BCUT2D eigenvalue weighted by atomic mass is 10.2. The van der Waals surface area contributed by atoms with Gasteiger partial charge in [0.05, 0.1) is 11.9 Å². The maximum Gasteiger partial charge on any atom is 0.107 e. The summed E-state index contributed by atoms with van der Waals surface area (Å²) in [5.74, 6) is 0. The summed E-state index contributed by atoms with van der Waals surface area (Å²) in [6, 6.07) is 3.87. The number of hydrogen-bond acceptors (Lipinski definition) is 4. The Morgan fingerprint density at radius 3 is 2.93 bits per heavy atom. The van der Waals surface area contributed by atoms with Crippen LogP contribution < -0.4 is 5.32 Å². The van der Waals surface area contributed by atoms with Gasteiger partial charge in [0.2, 0.25) is 0 Å². The monoisotopic (exact) mass is 189 g/mol. The second-order valence-electron chi connectivity index (χ2n) is 2.92. The van der Waals surface area contributed by atoms with Crippen LogP contribution in [0.1, 0.15) is 0 Å². The Morgan fingerprint density at radius 1 is 1.43 bits per heavy atom. The van der Waals surface area contributed by atoms with Crippen LogP contribution in [-0.2, 0) is 7.05 Å². The summed E-state index contributed by atoms with van der Waals surface area (Å²) < 4.78 is 1.70. The van der Waals surface area contributed by atoms with Crippen molar-refractivity contribution in [1.82, 2.24) is 20.0 Å². The summed E-state index contributed by atoms with van der Waals surface area (Å²) >= 11 is 0. The summed E-state index contributed by atoms with van der Waals surface area (Å²) in [6.45, 7) is 0. The van der Waals surface area contributed by atoms with Crippen LogP contribution in [0.15, 0.2) is 24.5 Å². The third-order valence-corrected chi connectivity index (χ3v) is 2.03. The van der Waals surface area contributed by atoms with Crippen molar-refractivity contribution in [3.63, 3.8) is 0 Å². The molecular formula is C9H11N5. The van der Waals surface area contributed by atoms with E-state index in [4.69, 9.17) is 0 Å². The summed E-state index contributed by atoms with van der Waals surface area (Å²) in [5.41, 5.74) is 2.79. The van der Waals surface area contributed by atoms with E-state index in [1.165, 1.54) is 0 Å². The Bertz CT molecular complexity index is 434. The molecule has 1 N–H and O–H groups in total. The summed E-state index contributed by atoms with van der Waals surface area (Å²) in [5, 5.41) is 10.7. The van der Waals surface area contributed by atoms with Gasteiger partial charge in [-0.2, -0.15) is 0 Å². The van der Waals surface area contributed by atoms with Crippen LogP contribution in [0.4, 0.5) is 5.69 Å². The van der Waals surface area contributed by atoms with E-state index in [0.717, 1.165) is 17.1 Å². The first-order valence-electron chi connectivity index (χ1n) is 4.30. The Balaban J connectivity index is 2.47. The van der Waals surface area contributed by atoms with E-state index >= 15 is 0 Å². The van der Waals surface area contributed by atoms with Gasteiger partial charge in [0.15, 0.2) is 0 Å². The predicted octanol–water partition coefficient (Wildman–Crippen LogP) is 0.919. The molecule has 0 aromatic carbocycles. The first-order chi connectivity index (χ1) is 6.81. The van der Waals surface area contributed by atoms with Crippen molar-refractivity contribution in [2.24, 2.45) is 7.05 Å². The average Bonchev–Trinajstić information content (AvgIpc) is 2.65. The van der Waals surface area contributed by atoms with Crippen molar-refractivity contribution in [3.05, 3.63) is 24.5 Å². The maximum absolute atomic E-state index is 4.25. The topological polar surface area (TPSA) is 55.6 Å². The lowest BCUT2D eigenvalue weighted by Crippen LogP contribution is -1.96. The molecule has 0 aliphatic rings. The predicted molar refractivity (Wildman–Crippen MR) is 53.8 cm³/mol. The Kier molecular flexibility index (Phi) is 2.14. The fraction of sp³-hybridized carbons (Fsp3) is 0.222. The van der Waals surface area contributed by atoms with Gasteiger partial charge in [0.1, 0.15) is 5.69 Å². The molecule has 0 spiro atoms. The highest BCUT2D eigenvalue weighted by atomic mass is 15.4. The molecule has 0 fully saturated rings. The van der Waals surface area contributed by atoms with Gasteiger partial charge in [-0.15, -0.1) is 5.10 Å². The Labute approximate surface area is 81.8 Å². The van der Waals surface area contributed by atoms with Crippen molar-refractivity contribution in [1.29, 1.82) is 0 Å². The van der Waals surface area contributed by atoms with E-state index in [0.29, 0.717) is 0 Å². The fourth-order valence-electron chi connectivity index (χ4n) is 1.25. The van der Waals surface area contributed by atoms with Crippen molar-refractivity contribution in [3.8, 4) is 11.4 Å². The van der Waals surface area contributed by atoms with Crippen LogP contribution in [-0.4, -0.2) is 27.0 Å². The van der Waals surface area contributed by atoms with Crippen molar-refractivity contribution < 1.29 is 0 Å². The molecule has 0 unspecified atom stereocenters. The Hall–Kier alpha value is -1.91. The summed E-state index contributed by atoms with van der Waals surface area (Å²) in [7, 11) is 3.72. The van der Waals surface area contributed by atoms with Gasteiger partial charge in [-0.05, 0) is 12.1 Å². The molecular weight excluding hydrogens is 178 g/mol. The smallest absolute Gasteiger partial charge is 0.107 e. The number of anilines is 1. The highest BCUT2D eigenvalue weighted by molar-refractivity contribution is 5.59. The normalized spacial score (nSPS) is 10.1. The molecule has 2 heterocycles. The molecule has 2 aromatic heterocycles. The first-order valence-corrected chi connectivity index (χ1v) is 4.30. The van der Waals surface area contributed by atoms with Crippen molar-refractivity contribution in [2.45, 2.75) is 0 Å². The van der Waals surface area contributed by atoms with E-state index in [1.54, 1.807) is 17.1 Å². The van der Waals surface area contributed by atoms with Crippen LogP contribution >= 0.6 is 0 Å². The molecule has 2 rings (SSSR count). The number of nitrogens with one attached hydrogen (secondary N) is 1. The average molecular weight is 189 g/mol. The summed E-state index contributed by atoms with van der Waals surface area (Å²) in [6.07, 6.45) is 3.45. The lowest BCUT2D eigenvalue weighted by Gasteiger charge is -2.02. The van der Waals surface area contributed by atoms with Crippen molar-refractivity contribution >= 4 is 5.69 Å². The Morgan fingerprint density at radius 2 is 2.29 bits per heavy atom. The fourth-order valence-corrected chi connectivity index (χ4v) is 1.25. The third-order valence-electron chi connectivity index (χ3n) is 2.03. The molecule has 0 radical (unpaired) electrons. The van der Waals surface area contributed by atoms with E-state index < -0.39 is 0 Å². The zero-order valence-corrected chi connectivity index (χ0v) is 8.10. The molecule has 0 saturated heterocycles. The minimum Gasteiger partial charge on any atom is -0.388 e. The molecule has 0 atom stereocenters. The quantitative estimate of drug-likeness (QED) is 0.763. The molecule has 0 bridgehead atoms. The number of pyridine rings is 1. The van der Waals surface area contributed by atoms with Crippen LogP contribution in [0, 0.1) is 0 Å². The molecule has 2 aromatic rings. The molecule has 0 aliphatic heterocycles. The third kappa shape index (κ3) is 1.44. The minimum absolute atomic E-state index is 0.865. The highest BCUT2D eigenvalue weighted by Crippen LogP contribution is 2.17.